The van der Waals surface area contributed by atoms with Crippen molar-refractivity contribution >= 4 is 11.6 Å². The normalized spacial score (nSPS) is 20.0. The molecule has 1 saturated heterocycles. The molecule has 2 aromatic carbocycles. The van der Waals surface area contributed by atoms with Crippen LogP contribution < -0.4 is 15.1 Å². The van der Waals surface area contributed by atoms with Crippen LogP contribution in [0.1, 0.15) is 5.56 Å². The fraction of sp³-hybridized carbons (Fsp3) is 0.316. The average Bonchev–Trinajstić information content (AvgIpc) is 2.65. The molecule has 4 nitrogen and oxygen atoms in total. The molecule has 1 heterocycles. The average molecular weight is 365 g/mol. The van der Waals surface area contributed by atoms with Gasteiger partial charge in [0.05, 0.1) is 5.69 Å². The van der Waals surface area contributed by atoms with Crippen molar-refractivity contribution in [3.05, 3.63) is 65.5 Å². The van der Waals surface area contributed by atoms with Crippen LogP contribution >= 0.6 is 0 Å². The van der Waals surface area contributed by atoms with Gasteiger partial charge in [-0.25, -0.2) is 13.2 Å². The molecule has 0 atom stereocenters. The molecular formula is C19H22F3N3O+2. The third kappa shape index (κ3) is 4.62. The summed E-state index contributed by atoms with van der Waals surface area (Å²) in [6.45, 7) is 4.68. The summed E-state index contributed by atoms with van der Waals surface area (Å²) in [5.74, 6) is -4.63. The molecule has 7 heteroatoms. The molecule has 2 aromatic rings. The number of hydrogen-bond acceptors (Lipinski definition) is 1. The van der Waals surface area contributed by atoms with Crippen molar-refractivity contribution < 1.29 is 27.8 Å². The SMILES string of the molecule is O=C(C[NH+]1CC[NH+](Cc2ccccc2)CC1)Nc1ccc(F)c(F)c1F. The van der Waals surface area contributed by atoms with Crippen LogP contribution in [0.2, 0.25) is 0 Å². The fourth-order valence-electron chi connectivity index (χ4n) is 3.24. The third-order valence-electron chi connectivity index (χ3n) is 4.68. The van der Waals surface area contributed by atoms with Crippen LogP contribution in [0.25, 0.3) is 0 Å². The minimum absolute atomic E-state index is 0.178. The zero-order chi connectivity index (χ0) is 18.5. The second kappa shape index (κ2) is 8.33. The van der Waals surface area contributed by atoms with Crippen LogP contribution in [0.3, 0.4) is 0 Å². The molecule has 1 aliphatic rings. The Morgan fingerprint density at radius 2 is 1.54 bits per heavy atom. The van der Waals surface area contributed by atoms with Gasteiger partial charge < -0.3 is 15.1 Å². The summed E-state index contributed by atoms with van der Waals surface area (Å²) in [4.78, 5) is 14.6. The van der Waals surface area contributed by atoms with Crippen molar-refractivity contribution in [3.8, 4) is 0 Å². The van der Waals surface area contributed by atoms with E-state index in [0.717, 1.165) is 49.8 Å². The van der Waals surface area contributed by atoms with E-state index in [2.05, 4.69) is 17.4 Å². The predicted molar refractivity (Wildman–Crippen MR) is 91.4 cm³/mol. The summed E-state index contributed by atoms with van der Waals surface area (Å²) < 4.78 is 39.8. The Labute approximate surface area is 150 Å². The van der Waals surface area contributed by atoms with Gasteiger partial charge in [-0.05, 0) is 12.1 Å². The van der Waals surface area contributed by atoms with Gasteiger partial charge in [0.1, 0.15) is 32.7 Å². The molecule has 0 aliphatic carbocycles. The smallest absolute Gasteiger partial charge is 0.279 e. The lowest BCUT2D eigenvalue weighted by molar-refractivity contribution is -1.02. The maximum atomic E-state index is 13.6. The lowest BCUT2D eigenvalue weighted by Gasteiger charge is -2.29. The highest BCUT2D eigenvalue weighted by Gasteiger charge is 2.25. The molecule has 3 rings (SSSR count). The van der Waals surface area contributed by atoms with Crippen molar-refractivity contribution in [2.45, 2.75) is 6.54 Å². The van der Waals surface area contributed by atoms with E-state index in [0.29, 0.717) is 0 Å². The number of anilines is 1. The Kier molecular flexibility index (Phi) is 5.90. The molecule has 1 aliphatic heterocycles. The highest BCUT2D eigenvalue weighted by Crippen LogP contribution is 2.19. The molecule has 0 radical (unpaired) electrons. The number of rotatable bonds is 5. The van der Waals surface area contributed by atoms with Gasteiger partial charge in [-0.2, -0.15) is 0 Å². The summed E-state index contributed by atoms with van der Waals surface area (Å²) in [5.41, 5.74) is 0.958. The number of halogens is 3. The van der Waals surface area contributed by atoms with Gasteiger partial charge in [-0.3, -0.25) is 4.79 Å². The van der Waals surface area contributed by atoms with Crippen molar-refractivity contribution in [1.82, 2.24) is 0 Å². The first-order valence-electron chi connectivity index (χ1n) is 8.67. The van der Waals surface area contributed by atoms with Crippen molar-refractivity contribution in [3.63, 3.8) is 0 Å². The number of carbonyl (C=O) groups excluding carboxylic acids is 1. The molecule has 1 fully saturated rings. The molecule has 26 heavy (non-hydrogen) atoms. The Hall–Kier alpha value is -2.38. The highest BCUT2D eigenvalue weighted by atomic mass is 19.2. The monoisotopic (exact) mass is 365 g/mol. The first-order valence-corrected chi connectivity index (χ1v) is 8.67. The van der Waals surface area contributed by atoms with Gasteiger partial charge in [-0.15, -0.1) is 0 Å². The van der Waals surface area contributed by atoms with E-state index >= 15 is 0 Å². The number of nitrogens with one attached hydrogen (secondary N) is 3. The van der Waals surface area contributed by atoms with Gasteiger partial charge in [0, 0.05) is 5.56 Å². The Morgan fingerprint density at radius 3 is 2.23 bits per heavy atom. The van der Waals surface area contributed by atoms with Crippen LogP contribution in [-0.2, 0) is 11.3 Å². The number of benzene rings is 2. The first kappa shape index (κ1) is 18.4. The minimum Gasteiger partial charge on any atom is -0.322 e. The molecule has 0 bridgehead atoms. The van der Waals surface area contributed by atoms with Gasteiger partial charge in [0.25, 0.3) is 5.91 Å². The number of quaternary nitrogens is 2. The second-order valence-corrected chi connectivity index (χ2v) is 6.61. The van der Waals surface area contributed by atoms with E-state index in [4.69, 9.17) is 0 Å². The van der Waals surface area contributed by atoms with Gasteiger partial charge in [0.15, 0.2) is 24.0 Å². The van der Waals surface area contributed by atoms with E-state index in [9.17, 15) is 18.0 Å². The van der Waals surface area contributed by atoms with E-state index in [1.54, 1.807) is 0 Å². The molecular weight excluding hydrogens is 343 g/mol. The van der Waals surface area contributed by atoms with E-state index in [1.165, 1.54) is 10.5 Å². The van der Waals surface area contributed by atoms with Gasteiger partial charge in [-0.1, -0.05) is 30.3 Å². The molecule has 0 saturated carbocycles. The largest absolute Gasteiger partial charge is 0.322 e. The second-order valence-electron chi connectivity index (χ2n) is 6.61. The van der Waals surface area contributed by atoms with Crippen LogP contribution in [0.4, 0.5) is 18.9 Å². The topological polar surface area (TPSA) is 38.0 Å². The van der Waals surface area contributed by atoms with Crippen LogP contribution in [0.15, 0.2) is 42.5 Å². The summed E-state index contributed by atoms with van der Waals surface area (Å²) in [6, 6.07) is 12.1. The Morgan fingerprint density at radius 1 is 0.885 bits per heavy atom. The lowest BCUT2D eigenvalue weighted by atomic mass is 10.2. The summed E-state index contributed by atoms with van der Waals surface area (Å²) in [5, 5.41) is 2.33. The molecule has 0 spiro atoms. The summed E-state index contributed by atoms with van der Waals surface area (Å²) in [6.07, 6.45) is 0. The van der Waals surface area contributed by atoms with E-state index in [1.807, 2.05) is 18.2 Å². The predicted octanol–water partition coefficient (Wildman–Crippen LogP) is 0.0260. The molecule has 0 aromatic heterocycles. The van der Waals surface area contributed by atoms with E-state index < -0.39 is 23.4 Å². The van der Waals surface area contributed by atoms with Gasteiger partial charge >= 0.3 is 0 Å². The zero-order valence-electron chi connectivity index (χ0n) is 14.3. The lowest BCUT2D eigenvalue weighted by Crippen LogP contribution is -3.28. The molecule has 138 valence electrons. The molecule has 3 N–H and O–H groups in total. The summed E-state index contributed by atoms with van der Waals surface area (Å²) >= 11 is 0. The zero-order valence-corrected chi connectivity index (χ0v) is 14.3. The number of hydrogen-bond donors (Lipinski definition) is 3. The van der Waals surface area contributed by atoms with E-state index in [-0.39, 0.29) is 12.2 Å². The number of amides is 1. The quantitative estimate of drug-likeness (QED) is 0.643. The first-order chi connectivity index (χ1) is 12.5. The third-order valence-corrected chi connectivity index (χ3v) is 4.68. The number of piperazine rings is 1. The Balaban J connectivity index is 1.47. The van der Waals surface area contributed by atoms with Crippen LogP contribution in [-0.4, -0.2) is 38.6 Å². The van der Waals surface area contributed by atoms with Crippen molar-refractivity contribution in [1.29, 1.82) is 0 Å². The van der Waals surface area contributed by atoms with Crippen molar-refractivity contribution in [2.75, 3.05) is 38.0 Å². The number of carbonyl (C=O) groups is 1. The van der Waals surface area contributed by atoms with Crippen molar-refractivity contribution in [2.24, 2.45) is 0 Å². The molecule has 0 unspecified atom stereocenters. The minimum atomic E-state index is -1.58. The van der Waals surface area contributed by atoms with Gasteiger partial charge in [0.2, 0.25) is 0 Å². The van der Waals surface area contributed by atoms with Crippen LogP contribution in [0, 0.1) is 17.5 Å². The Bertz CT molecular complexity index is 762. The maximum Gasteiger partial charge on any atom is 0.279 e. The molecule has 1 amide bonds. The van der Waals surface area contributed by atoms with Crippen LogP contribution in [0.5, 0.6) is 0 Å². The fourth-order valence-corrected chi connectivity index (χ4v) is 3.24. The highest BCUT2D eigenvalue weighted by molar-refractivity contribution is 5.91. The standard InChI is InChI=1S/C19H20F3N3O/c20-15-6-7-16(19(22)18(15)21)23-17(26)13-25-10-8-24(9-11-25)12-14-4-2-1-3-5-14/h1-7H,8-13H2,(H,23,26)/p+2. The maximum absolute atomic E-state index is 13.6. The summed E-state index contributed by atoms with van der Waals surface area (Å²) in [7, 11) is 0.